The van der Waals surface area contributed by atoms with Gasteiger partial charge in [0.05, 0.1) is 29.9 Å². The Morgan fingerprint density at radius 2 is 1.80 bits per heavy atom. The van der Waals surface area contributed by atoms with Gasteiger partial charge in [-0.15, -0.1) is 0 Å². The van der Waals surface area contributed by atoms with Crippen molar-refractivity contribution < 1.29 is 14.3 Å². The molecule has 2 aromatic carbocycles. The van der Waals surface area contributed by atoms with Crippen LogP contribution in [-0.2, 0) is 18.4 Å². The molecule has 240 valence electrons. The molecule has 9 nitrogen and oxygen atoms in total. The lowest BCUT2D eigenvalue weighted by Crippen LogP contribution is -2.39. The molecule has 3 aliphatic rings. The van der Waals surface area contributed by atoms with Crippen LogP contribution >= 0.6 is 0 Å². The highest BCUT2D eigenvalue weighted by Crippen LogP contribution is 2.41. The van der Waals surface area contributed by atoms with E-state index in [0.29, 0.717) is 42.2 Å². The zero-order valence-corrected chi connectivity index (χ0v) is 27.3. The van der Waals surface area contributed by atoms with E-state index in [1.807, 2.05) is 35.0 Å². The number of hydrogen-bond donors (Lipinski definition) is 0. The van der Waals surface area contributed by atoms with E-state index in [2.05, 4.69) is 40.3 Å². The standard InChI is InChI=1S/C37H44N6O3/c1-4-24-7-6-16-42(22-24)37(45)28-19-30-35(32(21-28)46-3)40(2)36(39-30)31-20-27-8-5-9-29(34(27)43(31)23-25-10-11-25)26-13-17-41(18-14-26)33(44)12-15-38/h5,8-9,19-21,24-26H,4,6-7,10-14,16-18,22-23H2,1-3H3/t24-/m1/s1. The van der Waals surface area contributed by atoms with Crippen LogP contribution < -0.4 is 4.74 Å². The number of amides is 2. The minimum Gasteiger partial charge on any atom is -0.494 e. The molecule has 9 heteroatoms. The maximum atomic E-state index is 13.7. The van der Waals surface area contributed by atoms with E-state index >= 15 is 0 Å². The van der Waals surface area contributed by atoms with Crippen LogP contribution in [0.4, 0.5) is 0 Å². The van der Waals surface area contributed by atoms with Crippen LogP contribution in [0.25, 0.3) is 33.5 Å². The normalized spacial score (nSPS) is 19.1. The van der Waals surface area contributed by atoms with Gasteiger partial charge in [-0.3, -0.25) is 9.59 Å². The number of hydrogen-bond acceptors (Lipinski definition) is 5. The highest BCUT2D eigenvalue weighted by molar-refractivity contribution is 6.00. The van der Waals surface area contributed by atoms with E-state index in [9.17, 15) is 9.59 Å². The zero-order chi connectivity index (χ0) is 31.9. The Balaban J connectivity index is 1.28. The van der Waals surface area contributed by atoms with Crippen LogP contribution in [0, 0.1) is 23.2 Å². The number of carbonyl (C=O) groups is 2. The highest BCUT2D eigenvalue weighted by atomic mass is 16.5. The average molecular weight is 621 g/mol. The van der Waals surface area contributed by atoms with Crippen molar-refractivity contribution >= 4 is 33.8 Å². The smallest absolute Gasteiger partial charge is 0.254 e. The summed E-state index contributed by atoms with van der Waals surface area (Å²) in [6.07, 6.45) is 7.51. The fourth-order valence-corrected chi connectivity index (χ4v) is 7.82. The SMILES string of the molecule is CC[C@@H]1CCCN(C(=O)c2cc(OC)c3c(c2)nc(-c2cc4cccc(C5CCN(C(=O)CC#N)CC5)c4n2CC2CC2)n3C)C1. The Kier molecular flexibility index (Phi) is 8.22. The molecule has 0 radical (unpaired) electrons. The van der Waals surface area contributed by atoms with Crippen LogP contribution in [-0.4, -0.2) is 69.0 Å². The van der Waals surface area contributed by atoms with Crippen LogP contribution in [0.1, 0.15) is 80.1 Å². The van der Waals surface area contributed by atoms with E-state index in [-0.39, 0.29) is 18.2 Å². The molecule has 2 saturated heterocycles. The summed E-state index contributed by atoms with van der Waals surface area (Å²) in [4.78, 5) is 35.1. The quantitative estimate of drug-likeness (QED) is 0.224. The van der Waals surface area contributed by atoms with E-state index in [1.54, 1.807) is 7.11 Å². The number of nitriles is 1. The zero-order valence-electron chi connectivity index (χ0n) is 27.3. The Hall–Kier alpha value is -4.32. The number of nitrogens with zero attached hydrogens (tertiary/aromatic N) is 6. The molecule has 0 unspecified atom stereocenters. The van der Waals surface area contributed by atoms with Gasteiger partial charge in [0.2, 0.25) is 5.91 Å². The Morgan fingerprint density at radius 1 is 1.00 bits per heavy atom. The maximum Gasteiger partial charge on any atom is 0.254 e. The van der Waals surface area contributed by atoms with Gasteiger partial charge < -0.3 is 23.7 Å². The van der Waals surface area contributed by atoms with Gasteiger partial charge in [0.25, 0.3) is 5.91 Å². The van der Waals surface area contributed by atoms with Crippen molar-refractivity contribution in [2.75, 3.05) is 33.3 Å². The number of piperidine rings is 2. The van der Waals surface area contributed by atoms with Gasteiger partial charge in [-0.1, -0.05) is 31.5 Å². The van der Waals surface area contributed by atoms with Crippen LogP contribution in [0.2, 0.25) is 0 Å². The third kappa shape index (κ3) is 5.52. The molecule has 2 amide bonds. The van der Waals surface area contributed by atoms with Gasteiger partial charge in [0.1, 0.15) is 17.7 Å². The van der Waals surface area contributed by atoms with Gasteiger partial charge in [-0.2, -0.15) is 5.26 Å². The first-order valence-corrected chi connectivity index (χ1v) is 17.0. The number of ether oxygens (including phenoxy) is 1. The predicted octanol–water partition coefficient (Wildman–Crippen LogP) is 6.50. The summed E-state index contributed by atoms with van der Waals surface area (Å²) >= 11 is 0. The van der Waals surface area contributed by atoms with Crippen molar-refractivity contribution in [1.29, 1.82) is 5.26 Å². The van der Waals surface area contributed by atoms with Crippen molar-refractivity contribution in [3.63, 3.8) is 0 Å². The first kappa shape index (κ1) is 30.3. The highest BCUT2D eigenvalue weighted by Gasteiger charge is 2.31. The number of fused-ring (bicyclic) bond motifs is 2. The number of imidazole rings is 1. The third-order valence-corrected chi connectivity index (χ3v) is 10.6. The molecule has 1 aliphatic carbocycles. The summed E-state index contributed by atoms with van der Waals surface area (Å²) in [5.74, 6) is 3.06. The first-order valence-electron chi connectivity index (χ1n) is 17.0. The molecule has 46 heavy (non-hydrogen) atoms. The van der Waals surface area contributed by atoms with Crippen LogP contribution in [0.5, 0.6) is 5.75 Å². The van der Waals surface area contributed by atoms with Gasteiger partial charge >= 0.3 is 0 Å². The van der Waals surface area contributed by atoms with E-state index < -0.39 is 0 Å². The lowest BCUT2D eigenvalue weighted by Gasteiger charge is -2.32. The molecule has 3 fully saturated rings. The summed E-state index contributed by atoms with van der Waals surface area (Å²) in [7, 11) is 3.71. The van der Waals surface area contributed by atoms with Gasteiger partial charge in [0, 0.05) is 50.7 Å². The van der Waals surface area contributed by atoms with Crippen LogP contribution in [0.15, 0.2) is 36.4 Å². The molecule has 0 bridgehead atoms. The fraction of sp³-hybridized carbons (Fsp3) is 0.514. The Bertz CT molecular complexity index is 1840. The second-order valence-corrected chi connectivity index (χ2v) is 13.6. The van der Waals surface area contributed by atoms with Crippen molar-refractivity contribution in [2.24, 2.45) is 18.9 Å². The summed E-state index contributed by atoms with van der Waals surface area (Å²) in [6.45, 7) is 6.11. The van der Waals surface area contributed by atoms with Gasteiger partial charge in [-0.25, -0.2) is 4.98 Å². The van der Waals surface area contributed by atoms with E-state index in [1.165, 1.54) is 35.7 Å². The number of likely N-dealkylation sites (tertiary alicyclic amines) is 2. The maximum absolute atomic E-state index is 13.7. The second kappa shape index (κ2) is 12.5. The number of para-hydroxylation sites is 1. The third-order valence-electron chi connectivity index (χ3n) is 10.6. The largest absolute Gasteiger partial charge is 0.494 e. The first-order chi connectivity index (χ1) is 22.4. The molecule has 2 aliphatic heterocycles. The molecule has 7 rings (SSSR count). The summed E-state index contributed by atoms with van der Waals surface area (Å²) in [5, 5.41) is 10.2. The molecule has 1 atom stereocenters. The summed E-state index contributed by atoms with van der Waals surface area (Å²) < 4.78 is 10.5. The number of aryl methyl sites for hydroxylation is 1. The Morgan fingerprint density at radius 3 is 2.52 bits per heavy atom. The number of benzene rings is 2. The van der Waals surface area contributed by atoms with Crippen molar-refractivity contribution in [2.45, 2.75) is 70.8 Å². The molecule has 4 heterocycles. The minimum atomic E-state index is -0.0678. The molecule has 2 aromatic heterocycles. The Labute approximate surface area is 270 Å². The monoisotopic (exact) mass is 620 g/mol. The predicted molar refractivity (Wildman–Crippen MR) is 179 cm³/mol. The lowest BCUT2D eigenvalue weighted by atomic mass is 9.88. The average Bonchev–Trinajstić information content (AvgIpc) is 3.75. The number of carbonyl (C=O) groups excluding carboxylic acids is 2. The van der Waals surface area contributed by atoms with Crippen molar-refractivity contribution in [3.05, 3.63) is 47.5 Å². The van der Waals surface area contributed by atoms with Crippen molar-refractivity contribution in [3.8, 4) is 23.3 Å². The molecule has 1 saturated carbocycles. The number of aromatic nitrogens is 3. The van der Waals surface area contributed by atoms with Crippen LogP contribution in [0.3, 0.4) is 0 Å². The van der Waals surface area contributed by atoms with E-state index in [4.69, 9.17) is 15.0 Å². The fourth-order valence-electron chi connectivity index (χ4n) is 7.82. The van der Waals surface area contributed by atoms with Gasteiger partial charge in [0.15, 0.2) is 5.82 Å². The number of methoxy groups -OCH3 is 1. The number of rotatable bonds is 8. The molecular formula is C37H44N6O3. The minimum absolute atomic E-state index is 0.0517. The van der Waals surface area contributed by atoms with Gasteiger partial charge in [-0.05, 0) is 80.0 Å². The molecule has 0 spiro atoms. The second-order valence-electron chi connectivity index (χ2n) is 13.6. The lowest BCUT2D eigenvalue weighted by molar-refractivity contribution is -0.131. The summed E-state index contributed by atoms with van der Waals surface area (Å²) in [6, 6.07) is 14.7. The molecule has 0 N–H and O–H groups in total. The topological polar surface area (TPSA) is 96.4 Å². The van der Waals surface area contributed by atoms with Crippen molar-refractivity contribution in [1.82, 2.24) is 23.9 Å². The van der Waals surface area contributed by atoms with E-state index in [0.717, 1.165) is 67.9 Å². The molecular weight excluding hydrogens is 576 g/mol. The molecule has 4 aromatic rings. The summed E-state index contributed by atoms with van der Waals surface area (Å²) in [5.41, 5.74) is 5.95.